The first-order valence-electron chi connectivity index (χ1n) is 40.2. The van der Waals surface area contributed by atoms with Crippen molar-refractivity contribution in [1.29, 1.82) is 0 Å². The number of amides is 3. The summed E-state index contributed by atoms with van der Waals surface area (Å²) in [6, 6.07) is 26.3. The third-order valence-electron chi connectivity index (χ3n) is 25.5. The van der Waals surface area contributed by atoms with Crippen LogP contribution in [0.25, 0.3) is 50.7 Å². The number of hydrogen-bond donors (Lipinski definition) is 18. The number of rotatable bonds is 19. The van der Waals surface area contributed by atoms with E-state index in [2.05, 4.69) is 16.0 Å². The number of nitrogens with zero attached hydrogens (tertiary/aromatic N) is 3. The number of phenols is 3. The number of aliphatic hydroxyl groups is 9. The second kappa shape index (κ2) is 34.4. The highest BCUT2D eigenvalue weighted by molar-refractivity contribution is 6.27. The summed E-state index contributed by atoms with van der Waals surface area (Å²) in [4.78, 5) is 122. The summed E-state index contributed by atoms with van der Waals surface area (Å²) in [6.45, 7) is -2.04. The first kappa shape index (κ1) is 92.2. The number of hydrogen-bond acceptors (Lipinski definition) is 27. The van der Waals surface area contributed by atoms with Gasteiger partial charge in [-0.2, -0.15) is 26.3 Å². The lowest BCUT2D eigenvalue weighted by Gasteiger charge is -2.50. The molecule has 0 heterocycles. The zero-order chi connectivity index (χ0) is 93.0. The minimum Gasteiger partial charge on any atom is -0.508 e. The molecule has 9 aliphatic carbocycles. The lowest BCUT2D eigenvalue weighted by molar-refractivity contribution is -0.155. The Morgan fingerprint density at radius 3 is 0.858 bits per heavy atom. The number of fused-ring (bicyclic) bond motifs is 9. The topological polar surface area (TPSA) is 520 Å². The highest BCUT2D eigenvalue weighted by Crippen LogP contribution is 2.58. The second-order valence-corrected chi connectivity index (χ2v) is 33.7. The van der Waals surface area contributed by atoms with E-state index in [-0.39, 0.29) is 109 Å². The number of aliphatic hydroxyl groups excluding tert-OH is 6. The van der Waals surface area contributed by atoms with Crippen LogP contribution in [0.4, 0.5) is 30.7 Å². The first-order valence-corrected chi connectivity index (χ1v) is 40.2. The van der Waals surface area contributed by atoms with Crippen LogP contribution in [-0.2, 0) is 82.0 Å². The van der Waals surface area contributed by atoms with Crippen molar-refractivity contribution >= 4 is 69.7 Å². The molecule has 2 unspecified atom stereocenters. The summed E-state index contributed by atoms with van der Waals surface area (Å²) in [5.41, 5.74) is 12.1. The summed E-state index contributed by atoms with van der Waals surface area (Å²) < 4.78 is 87.3. The molecule has 672 valence electrons. The quantitative estimate of drug-likeness (QED) is 0.0242. The number of primary amides is 3. The molecule has 6 aromatic carbocycles. The fourth-order valence-corrected chi connectivity index (χ4v) is 19.9. The molecule has 3 amide bonds. The maximum Gasteiger partial charge on any atom is 0.401 e. The number of alkyl halides is 7. The molecule has 12 atom stereocenters. The van der Waals surface area contributed by atoms with Gasteiger partial charge in [0, 0.05) is 60.7 Å². The van der Waals surface area contributed by atoms with E-state index in [1.165, 1.54) is 61.1 Å². The van der Waals surface area contributed by atoms with Crippen molar-refractivity contribution in [3.05, 3.63) is 210 Å². The monoisotopic (exact) mass is 1770 g/mol. The van der Waals surface area contributed by atoms with E-state index in [0.29, 0.717) is 62.2 Å². The van der Waals surface area contributed by atoms with Crippen LogP contribution in [0, 0.1) is 35.5 Å². The molecule has 6 aromatic rings. The second-order valence-electron chi connectivity index (χ2n) is 33.7. The molecule has 0 spiro atoms. The minimum atomic E-state index is -4.34. The van der Waals surface area contributed by atoms with Gasteiger partial charge < -0.3 is 94.4 Å². The average Bonchev–Trinajstić information content (AvgIpc) is 0.706. The molecule has 0 radical (unpaired) electrons. The van der Waals surface area contributed by atoms with Gasteiger partial charge >= 0.3 is 12.4 Å². The molecule has 0 aliphatic heterocycles. The van der Waals surface area contributed by atoms with E-state index in [1.807, 2.05) is 24.3 Å². The van der Waals surface area contributed by atoms with Gasteiger partial charge in [0.05, 0.1) is 47.9 Å². The number of likely N-dealkylation sites (N-methyl/N-ethyl adjacent to an activating group) is 3. The van der Waals surface area contributed by atoms with E-state index in [1.54, 1.807) is 80.8 Å². The van der Waals surface area contributed by atoms with Gasteiger partial charge in [0.1, 0.15) is 75.2 Å². The van der Waals surface area contributed by atoms with Crippen LogP contribution in [0.15, 0.2) is 160 Å². The molecule has 3 saturated carbocycles. The van der Waals surface area contributed by atoms with E-state index in [4.69, 9.17) is 17.2 Å². The van der Waals surface area contributed by atoms with Gasteiger partial charge in [-0.25, -0.2) is 4.39 Å². The predicted molar refractivity (Wildman–Crippen MR) is 442 cm³/mol. The number of phenolic OH excluding ortho intramolecular Hbond substituents is 3. The smallest absolute Gasteiger partial charge is 0.401 e. The van der Waals surface area contributed by atoms with Gasteiger partial charge in [-0.1, -0.05) is 91.0 Å². The number of nitrogens with two attached hydrogens (primary N) is 3. The summed E-state index contributed by atoms with van der Waals surface area (Å²) in [5.74, 6) is -21.5. The maximum absolute atomic E-state index is 13.9. The first-order chi connectivity index (χ1) is 59.6. The molecule has 15 rings (SSSR count). The van der Waals surface area contributed by atoms with Crippen LogP contribution >= 0.6 is 0 Å². The Kier molecular flexibility index (Phi) is 25.0. The van der Waals surface area contributed by atoms with Crippen LogP contribution in [0.2, 0.25) is 0 Å². The third-order valence-corrected chi connectivity index (χ3v) is 25.5. The van der Waals surface area contributed by atoms with Crippen LogP contribution < -0.4 is 33.2 Å². The van der Waals surface area contributed by atoms with Gasteiger partial charge in [0.15, 0.2) is 34.2 Å². The maximum atomic E-state index is 13.9. The van der Waals surface area contributed by atoms with Gasteiger partial charge in [-0.3, -0.25) is 57.9 Å². The minimum absolute atomic E-state index is 0.0139. The molecular formula is C90H92F7N9O21. The molecule has 0 saturated heterocycles. The van der Waals surface area contributed by atoms with Crippen LogP contribution in [0.5, 0.6) is 17.2 Å². The van der Waals surface area contributed by atoms with Crippen molar-refractivity contribution in [1.82, 2.24) is 30.7 Å². The SMILES string of the molecule is CN(C)C1C(=O)C(C(N)=O)=C(O)[C@@]2(O)C(=O)C3=C(O)c4c(O)ccc(-c5ccc(CNCC(F)(F)F)cc5)c4C[C@H]3C[C@@H]12.CN(C)C1C(=O)C(C(N)=O)=C(O)[C@@]2(O)C(=O)C3=C(O)c4c(O)ccc(-c5ccc(CNCCF)cc5)c4C[C@H]3C[C@@H]12.CN(C)[C@@H]1C(=O)C(C(N)=O)=C(O)[C@@]2(O)C(=O)C3=C(O)c4c(O)ccc(-c5ccc(CNCC(F)(F)F)cc5)c4C[C@H]3C[C@@H]12. The van der Waals surface area contributed by atoms with Crippen LogP contribution in [0.3, 0.4) is 0 Å². The largest absolute Gasteiger partial charge is 0.508 e. The summed E-state index contributed by atoms with van der Waals surface area (Å²) >= 11 is 0. The molecule has 9 aliphatic rings. The molecule has 3 fully saturated rings. The summed E-state index contributed by atoms with van der Waals surface area (Å²) in [5, 5.41) is 142. The number of carbonyl (C=O) groups is 9. The van der Waals surface area contributed by atoms with Crippen molar-refractivity contribution in [2.45, 2.75) is 105 Å². The molecule has 30 nitrogen and oxygen atoms in total. The molecule has 37 heteroatoms. The number of halogens is 7. The van der Waals surface area contributed by atoms with Crippen LogP contribution in [-0.4, -0.2) is 244 Å². The Morgan fingerprint density at radius 2 is 0.638 bits per heavy atom. The lowest BCUT2D eigenvalue weighted by Crippen LogP contribution is -2.65. The van der Waals surface area contributed by atoms with Crippen LogP contribution in [0.1, 0.15) is 69.3 Å². The Balaban J connectivity index is 0.000000163. The number of nitrogens with one attached hydrogen (secondary N) is 3. The average molecular weight is 1770 g/mol. The number of aromatic hydroxyl groups is 3. The van der Waals surface area contributed by atoms with E-state index in [9.17, 15) is 135 Å². The number of benzene rings is 6. The molecule has 127 heavy (non-hydrogen) atoms. The van der Waals surface area contributed by atoms with E-state index in [0.717, 1.165) is 11.1 Å². The Morgan fingerprint density at radius 1 is 0.394 bits per heavy atom. The molecule has 21 N–H and O–H groups in total. The van der Waals surface area contributed by atoms with Gasteiger partial charge in [-0.05, 0) is 184 Å². The number of Topliss-reactive ketones (excluding diaryl/α,β-unsaturated/α-hetero) is 6. The van der Waals surface area contributed by atoms with Gasteiger partial charge in [0.2, 0.25) is 17.3 Å². The van der Waals surface area contributed by atoms with Crippen molar-refractivity contribution in [2.24, 2.45) is 52.7 Å². The van der Waals surface area contributed by atoms with E-state index < -0.39 is 206 Å². The molecule has 0 bridgehead atoms. The Hall–Kier alpha value is -12.5. The number of carbonyl (C=O) groups excluding carboxylic acids is 9. The standard InChI is InChI=1S/2C30H30F3N3O7.C30H32FN3O7/c2*1-36(2)23-18-10-15-9-17-16(14-5-3-13(4-6-14)11-35-12-29(31,32)33)7-8-19(37)21(17)24(38)20(15)26(40)30(18,43)27(41)22(25(23)39)28(34)42;1-34(2)24-19-12-16-11-18-17(15-5-3-14(4-6-15)13-33-10-9-31)7-8-20(35)22(18)25(36)21(16)27(38)30(19,41)28(39)23(26(24)37)29(32)40/h2*3-8,15,18,23,35,37-38,41,43H,9-12H2,1-2H3,(H2,34,42);3-8,16,19,24,33,35-36,39,41H,9-13H2,1-2H3,(H2,32,40)/t15-,18-,23?,30-;15-,18-,23-,30-;16-,19-,24?,30-/m000/s1. The molecule has 0 aromatic heterocycles. The lowest BCUT2D eigenvalue weighted by atomic mass is 9.57. The predicted octanol–water partition coefficient (Wildman–Crippen LogP) is 6.26. The van der Waals surface area contributed by atoms with Gasteiger partial charge in [0.25, 0.3) is 17.7 Å². The number of ketones is 6. The normalized spacial score (nSPS) is 25.6. The summed E-state index contributed by atoms with van der Waals surface area (Å²) in [6.07, 6.45) is -8.37. The molecular weight excluding hydrogens is 1680 g/mol. The van der Waals surface area contributed by atoms with E-state index >= 15 is 0 Å². The fraction of sp³-hybridized carbons (Fsp3) is 0.367. The van der Waals surface area contributed by atoms with Gasteiger partial charge in [-0.15, -0.1) is 0 Å². The van der Waals surface area contributed by atoms with Crippen molar-refractivity contribution in [2.75, 3.05) is 68.6 Å². The zero-order valence-electron chi connectivity index (χ0n) is 69.0. The zero-order valence-corrected chi connectivity index (χ0v) is 69.0. The van der Waals surface area contributed by atoms with Crippen molar-refractivity contribution in [3.63, 3.8) is 0 Å². The highest BCUT2D eigenvalue weighted by Gasteiger charge is 2.68. The van der Waals surface area contributed by atoms with Crippen molar-refractivity contribution in [3.8, 4) is 50.6 Å². The fourth-order valence-electron chi connectivity index (χ4n) is 19.9. The highest BCUT2D eigenvalue weighted by atomic mass is 19.4. The Bertz CT molecular complexity index is 5580. The van der Waals surface area contributed by atoms with Crippen molar-refractivity contribution < 1.29 is 135 Å². The summed E-state index contributed by atoms with van der Waals surface area (Å²) in [7, 11) is 9.19. The third kappa shape index (κ3) is 16.0. The Labute approximate surface area is 719 Å².